The molecule has 2 atom stereocenters. The van der Waals surface area contributed by atoms with Gasteiger partial charge in [0.1, 0.15) is 0 Å². The Hall–Kier alpha value is -1.50. The van der Waals surface area contributed by atoms with Crippen LogP contribution in [0.25, 0.3) is 0 Å². The van der Waals surface area contributed by atoms with Gasteiger partial charge in [-0.2, -0.15) is 0 Å². The van der Waals surface area contributed by atoms with Gasteiger partial charge in [-0.1, -0.05) is 335 Å². The Morgan fingerprint density at radius 2 is 0.395 bits per heavy atom. The van der Waals surface area contributed by atoms with E-state index in [0.29, 0.717) is 12.8 Å². The second-order valence-corrected chi connectivity index (χ2v) is 25.0. The fraction of sp³-hybridized carbons (Fsp3) is 0.944. The first-order valence-corrected chi connectivity index (χ1v) is 35.9. The predicted molar refractivity (Wildman–Crippen MR) is 339 cm³/mol. The van der Waals surface area contributed by atoms with Crippen LogP contribution in [0.5, 0.6) is 0 Å². The largest absolute Gasteiger partial charge is 2.00 e. The van der Waals surface area contributed by atoms with Crippen LogP contribution < -0.4 is 10.2 Å². The summed E-state index contributed by atoms with van der Waals surface area (Å²) < 4.78 is 11.3. The van der Waals surface area contributed by atoms with Crippen LogP contribution >= 0.6 is 0 Å². The summed E-state index contributed by atoms with van der Waals surface area (Å²) in [4.78, 5) is 45.0. The van der Waals surface area contributed by atoms with Gasteiger partial charge in [0, 0.05) is 24.8 Å². The molecule has 476 valence electrons. The number of esters is 2. The number of hydrogen-bond donors (Lipinski definition) is 0. The van der Waals surface area contributed by atoms with Crippen molar-refractivity contribution in [2.45, 2.75) is 438 Å². The number of carboxylic acid groups (broad SMARTS) is 2. The molecule has 0 saturated carbocycles. The van der Waals surface area contributed by atoms with E-state index in [1.807, 2.05) is 13.8 Å². The molecule has 0 bridgehead atoms. The first kappa shape index (κ1) is 83.7. The minimum atomic E-state index is -0.918. The van der Waals surface area contributed by atoms with Crippen LogP contribution in [0.1, 0.15) is 426 Å². The quantitative estimate of drug-likeness (QED) is 0.0334. The molecule has 0 rings (SSSR count). The third kappa shape index (κ3) is 78.5. The minimum Gasteiger partial charge on any atom is -0.550 e. The molecule has 0 aromatic rings. The molecule has 8 nitrogen and oxygen atoms in total. The molecule has 0 radical (unpaired) electrons. The fourth-order valence-electron chi connectivity index (χ4n) is 11.3. The molecule has 0 aromatic carbocycles. The molecule has 0 spiro atoms. The van der Waals surface area contributed by atoms with E-state index in [0.717, 1.165) is 89.9 Å². The number of unbranched alkanes of at least 4 members (excludes halogenated alkanes) is 52. The number of hydrogen-bond acceptors (Lipinski definition) is 8. The molecular formula is C72H138O8Zn. The summed E-state index contributed by atoms with van der Waals surface area (Å²) in [5, 5.41) is 20.7. The average Bonchev–Trinajstić information content (AvgIpc) is 3.42. The van der Waals surface area contributed by atoms with Crippen LogP contribution in [-0.2, 0) is 48.1 Å². The number of carbonyl (C=O) groups excluding carboxylic acids is 4. The maximum atomic E-state index is 12.1. The summed E-state index contributed by atoms with van der Waals surface area (Å²) in [5.74, 6) is -1.84. The molecule has 9 heteroatoms. The van der Waals surface area contributed by atoms with Gasteiger partial charge < -0.3 is 29.3 Å². The Morgan fingerprint density at radius 1 is 0.247 bits per heavy atom. The normalized spacial score (nSPS) is 11.9. The van der Waals surface area contributed by atoms with Gasteiger partial charge in [0.25, 0.3) is 0 Å². The number of aliphatic carboxylic acids is 2. The Bertz CT molecular complexity index is 1170. The summed E-state index contributed by atoms with van der Waals surface area (Å²) in [7, 11) is 0. The van der Waals surface area contributed by atoms with Gasteiger partial charge in [0.2, 0.25) is 0 Å². The second-order valence-electron chi connectivity index (χ2n) is 25.0. The van der Waals surface area contributed by atoms with E-state index in [1.54, 1.807) is 0 Å². The third-order valence-corrected chi connectivity index (χ3v) is 16.6. The number of rotatable bonds is 66. The van der Waals surface area contributed by atoms with Crippen molar-refractivity contribution in [3.63, 3.8) is 0 Å². The molecule has 0 N–H and O–H groups in total. The first-order chi connectivity index (χ1) is 39.1. The summed E-state index contributed by atoms with van der Waals surface area (Å²) in [6.45, 7) is 8.66. The molecule has 81 heavy (non-hydrogen) atoms. The van der Waals surface area contributed by atoms with E-state index in [9.17, 15) is 29.4 Å². The maximum absolute atomic E-state index is 12.1. The standard InChI is InChI=1S/2C36H70O4.Zn/c2*1-3-4-5-6-7-8-9-10-11-15-18-21-24-27-30-33-36(39)40-34(2)31-28-25-22-19-16-13-12-14-17-20-23-26-29-32-35(37)38;/h2*34H,3-33H2,1-2H3,(H,37,38);/q;;+2/p-2. The van der Waals surface area contributed by atoms with E-state index in [1.165, 1.54) is 283 Å². The molecule has 0 fully saturated rings. The summed E-state index contributed by atoms with van der Waals surface area (Å²) in [6.07, 6.45) is 75.6. The number of carbonyl (C=O) groups is 4. The Labute approximate surface area is 517 Å². The van der Waals surface area contributed by atoms with E-state index in [2.05, 4.69) is 13.8 Å². The van der Waals surface area contributed by atoms with Crippen molar-refractivity contribution < 1.29 is 58.3 Å². The molecule has 0 aliphatic carbocycles. The molecule has 0 saturated heterocycles. The monoisotopic (exact) mass is 1190 g/mol. The zero-order valence-electron chi connectivity index (χ0n) is 55.0. The Morgan fingerprint density at radius 3 is 0.568 bits per heavy atom. The zero-order chi connectivity index (χ0) is 58.7. The predicted octanol–water partition coefficient (Wildman–Crippen LogP) is 21.6. The van der Waals surface area contributed by atoms with Crippen LogP contribution in [0, 0.1) is 0 Å². The van der Waals surface area contributed by atoms with Crippen molar-refractivity contribution in [1.82, 2.24) is 0 Å². The number of ether oxygens (including phenoxy) is 2. The van der Waals surface area contributed by atoms with E-state index in [4.69, 9.17) is 9.47 Å². The van der Waals surface area contributed by atoms with Crippen LogP contribution in [0.15, 0.2) is 0 Å². The Balaban J connectivity index is -0.00000148. The van der Waals surface area contributed by atoms with Crippen molar-refractivity contribution in [2.75, 3.05) is 0 Å². The first-order valence-electron chi connectivity index (χ1n) is 35.9. The number of carboxylic acids is 2. The van der Waals surface area contributed by atoms with Gasteiger partial charge in [0.15, 0.2) is 0 Å². The van der Waals surface area contributed by atoms with Gasteiger partial charge in [-0.05, 0) is 78.1 Å². The van der Waals surface area contributed by atoms with E-state index in [-0.39, 0.29) is 56.5 Å². The van der Waals surface area contributed by atoms with Gasteiger partial charge >= 0.3 is 31.4 Å². The summed E-state index contributed by atoms with van der Waals surface area (Å²) in [5.41, 5.74) is 0. The van der Waals surface area contributed by atoms with Crippen LogP contribution in [0.4, 0.5) is 0 Å². The molecule has 0 aliphatic rings. The molecule has 0 heterocycles. The van der Waals surface area contributed by atoms with Gasteiger partial charge in [-0.15, -0.1) is 0 Å². The molecular weight excluding hydrogens is 1060 g/mol. The van der Waals surface area contributed by atoms with Crippen molar-refractivity contribution >= 4 is 23.9 Å². The summed E-state index contributed by atoms with van der Waals surface area (Å²) in [6, 6.07) is 0. The molecule has 0 aliphatic heterocycles. The van der Waals surface area contributed by atoms with Crippen molar-refractivity contribution in [3.8, 4) is 0 Å². The Kier molecular flexibility index (Phi) is 75.2. The second kappa shape index (κ2) is 72.8. The smallest absolute Gasteiger partial charge is 0.550 e. The third-order valence-electron chi connectivity index (χ3n) is 16.6. The van der Waals surface area contributed by atoms with Gasteiger partial charge in [0.05, 0.1) is 12.2 Å². The van der Waals surface area contributed by atoms with Gasteiger partial charge in [-0.25, -0.2) is 0 Å². The zero-order valence-corrected chi connectivity index (χ0v) is 57.9. The average molecular weight is 1200 g/mol. The van der Waals surface area contributed by atoms with Crippen LogP contribution in [-0.4, -0.2) is 36.1 Å². The van der Waals surface area contributed by atoms with Gasteiger partial charge in [-0.3, -0.25) is 9.59 Å². The SMILES string of the molecule is CCCCCCCCCCCCCCCCCC(=O)OC(C)CCCCCCCCCCCCCCCC(=O)[O-].CCCCCCCCCCCCCCCCCC(=O)OC(C)CCCCCCCCCCCCCCCC(=O)[O-].[Zn+2]. The van der Waals surface area contributed by atoms with Crippen molar-refractivity contribution in [1.29, 1.82) is 0 Å². The molecule has 2 unspecified atom stereocenters. The maximum Gasteiger partial charge on any atom is 2.00 e. The minimum absolute atomic E-state index is 0. The van der Waals surface area contributed by atoms with E-state index < -0.39 is 11.9 Å². The van der Waals surface area contributed by atoms with Crippen molar-refractivity contribution in [3.05, 3.63) is 0 Å². The van der Waals surface area contributed by atoms with Crippen LogP contribution in [0.3, 0.4) is 0 Å². The van der Waals surface area contributed by atoms with E-state index >= 15 is 0 Å². The molecule has 0 amide bonds. The fourth-order valence-corrected chi connectivity index (χ4v) is 11.3. The van der Waals surface area contributed by atoms with Crippen molar-refractivity contribution in [2.24, 2.45) is 0 Å². The molecule has 0 aromatic heterocycles. The summed E-state index contributed by atoms with van der Waals surface area (Å²) >= 11 is 0. The topological polar surface area (TPSA) is 133 Å². The van der Waals surface area contributed by atoms with Crippen LogP contribution in [0.2, 0.25) is 0 Å².